The van der Waals surface area contributed by atoms with E-state index in [0.717, 1.165) is 0 Å². The zero-order valence-corrected chi connectivity index (χ0v) is 18.5. The molecule has 0 bridgehead atoms. The van der Waals surface area contributed by atoms with Crippen LogP contribution in [0.5, 0.6) is 0 Å². The molecule has 29 heavy (non-hydrogen) atoms. The van der Waals surface area contributed by atoms with E-state index < -0.39 is 22.0 Å². The number of ether oxygens (including phenoxy) is 1. The molecular weight excluding hydrogens is 414 g/mol. The van der Waals surface area contributed by atoms with E-state index in [1.807, 2.05) is 4.90 Å². The number of ketones is 1. The summed E-state index contributed by atoms with van der Waals surface area (Å²) in [5, 5.41) is 1.74. The minimum atomic E-state index is -3.48. The number of hydrogen-bond acceptors (Lipinski definition) is 7. The van der Waals surface area contributed by atoms with Gasteiger partial charge in [0.15, 0.2) is 5.78 Å². The first kappa shape index (κ1) is 21.7. The van der Waals surface area contributed by atoms with Gasteiger partial charge < -0.3 is 9.72 Å². The molecule has 1 unspecified atom stereocenters. The summed E-state index contributed by atoms with van der Waals surface area (Å²) < 4.78 is 31.9. The Balaban J connectivity index is 1.71. The number of aryl methyl sites for hydroxylation is 1. The van der Waals surface area contributed by atoms with Gasteiger partial charge in [-0.3, -0.25) is 9.69 Å². The van der Waals surface area contributed by atoms with Gasteiger partial charge in [0.1, 0.15) is 4.21 Å². The number of carbonyl (C=O) groups excluding carboxylic acids is 2. The maximum Gasteiger partial charge on any atom is 0.339 e. The van der Waals surface area contributed by atoms with E-state index in [2.05, 4.69) is 4.98 Å². The van der Waals surface area contributed by atoms with Crippen molar-refractivity contribution in [3.63, 3.8) is 0 Å². The number of H-pyrrole nitrogens is 1. The third-order valence-electron chi connectivity index (χ3n) is 5.36. The Kier molecular flexibility index (Phi) is 6.27. The largest absolute Gasteiger partial charge is 0.465 e. The van der Waals surface area contributed by atoms with Crippen molar-refractivity contribution in [1.82, 2.24) is 14.2 Å². The van der Waals surface area contributed by atoms with Crippen LogP contribution in [0.25, 0.3) is 0 Å². The summed E-state index contributed by atoms with van der Waals surface area (Å²) in [6.07, 6.45) is 0. The third kappa shape index (κ3) is 4.02. The zero-order valence-electron chi connectivity index (χ0n) is 16.9. The number of thiophene rings is 1. The first-order valence-corrected chi connectivity index (χ1v) is 11.6. The van der Waals surface area contributed by atoms with E-state index in [-0.39, 0.29) is 5.78 Å². The standard InChI is InChI=1S/C19H25N3O5S2/c1-12-16(19(24)27-4)13(2)20-17(12)18(23)14(3)21-7-9-22(10-8-21)29(25,26)15-6-5-11-28-15/h5-6,11,14,20H,7-10H2,1-4H3. The van der Waals surface area contributed by atoms with Crippen molar-refractivity contribution in [2.75, 3.05) is 33.3 Å². The van der Waals surface area contributed by atoms with Gasteiger partial charge in [-0.2, -0.15) is 4.31 Å². The van der Waals surface area contributed by atoms with Gasteiger partial charge in [0, 0.05) is 31.9 Å². The second-order valence-electron chi connectivity index (χ2n) is 7.03. The highest BCUT2D eigenvalue weighted by Crippen LogP contribution is 2.24. The average molecular weight is 440 g/mol. The summed E-state index contributed by atoms with van der Waals surface area (Å²) in [4.78, 5) is 30.0. The van der Waals surface area contributed by atoms with E-state index in [9.17, 15) is 18.0 Å². The number of hydrogen-bond donors (Lipinski definition) is 1. The molecule has 0 aromatic carbocycles. The van der Waals surface area contributed by atoms with Crippen LogP contribution in [0.1, 0.15) is 39.0 Å². The molecule has 0 spiro atoms. The highest BCUT2D eigenvalue weighted by molar-refractivity contribution is 7.91. The van der Waals surface area contributed by atoms with Crippen LogP contribution in [0.4, 0.5) is 0 Å². The minimum absolute atomic E-state index is 0.129. The Labute approximate surface area is 174 Å². The number of aromatic amines is 1. The van der Waals surface area contributed by atoms with Crippen LogP contribution in [-0.2, 0) is 14.8 Å². The van der Waals surface area contributed by atoms with Crippen LogP contribution in [0.3, 0.4) is 0 Å². The molecule has 0 radical (unpaired) electrons. The lowest BCUT2D eigenvalue weighted by Gasteiger charge is -2.36. The van der Waals surface area contributed by atoms with Crippen molar-refractivity contribution < 1.29 is 22.7 Å². The molecule has 1 aliphatic heterocycles. The molecule has 1 aliphatic rings. The van der Waals surface area contributed by atoms with Crippen molar-refractivity contribution >= 4 is 33.1 Å². The minimum Gasteiger partial charge on any atom is -0.465 e. The number of Topliss-reactive ketones (excluding diaryl/α,β-unsaturated/α-hetero) is 1. The van der Waals surface area contributed by atoms with E-state index in [0.29, 0.717) is 52.9 Å². The number of nitrogens with one attached hydrogen (secondary N) is 1. The number of piperazine rings is 1. The van der Waals surface area contributed by atoms with Crippen LogP contribution in [0, 0.1) is 13.8 Å². The van der Waals surface area contributed by atoms with Gasteiger partial charge in [0.25, 0.3) is 10.0 Å². The fraction of sp³-hybridized carbons (Fsp3) is 0.474. The lowest BCUT2D eigenvalue weighted by Crippen LogP contribution is -2.53. The fourth-order valence-electron chi connectivity index (χ4n) is 3.65. The molecule has 1 saturated heterocycles. The molecule has 3 heterocycles. The van der Waals surface area contributed by atoms with Crippen LogP contribution in [0.15, 0.2) is 21.7 Å². The third-order valence-corrected chi connectivity index (χ3v) is 8.63. The molecule has 0 aliphatic carbocycles. The lowest BCUT2D eigenvalue weighted by molar-refractivity contribution is 0.0599. The van der Waals surface area contributed by atoms with Crippen molar-refractivity contribution in [3.8, 4) is 0 Å². The first-order valence-electron chi connectivity index (χ1n) is 9.27. The lowest BCUT2D eigenvalue weighted by atomic mass is 10.0. The van der Waals surface area contributed by atoms with Crippen LogP contribution >= 0.6 is 11.3 Å². The number of methoxy groups -OCH3 is 1. The normalized spacial score (nSPS) is 17.2. The Hall–Kier alpha value is -2.01. The van der Waals surface area contributed by atoms with Gasteiger partial charge in [0.05, 0.1) is 24.4 Å². The number of carbonyl (C=O) groups is 2. The number of aromatic nitrogens is 1. The van der Waals surface area contributed by atoms with E-state index in [4.69, 9.17) is 4.74 Å². The molecule has 2 aromatic rings. The summed E-state index contributed by atoms with van der Waals surface area (Å²) in [7, 11) is -2.17. The Morgan fingerprint density at radius 2 is 1.86 bits per heavy atom. The maximum absolute atomic E-state index is 13.1. The van der Waals surface area contributed by atoms with Crippen molar-refractivity contribution in [3.05, 3.63) is 40.0 Å². The molecule has 1 N–H and O–H groups in total. The smallest absolute Gasteiger partial charge is 0.339 e. The molecule has 1 fully saturated rings. The van der Waals surface area contributed by atoms with Gasteiger partial charge in [-0.1, -0.05) is 6.07 Å². The monoisotopic (exact) mass is 439 g/mol. The molecule has 2 aromatic heterocycles. The Morgan fingerprint density at radius 1 is 1.21 bits per heavy atom. The molecular formula is C19H25N3O5S2. The Bertz CT molecular complexity index is 1000. The molecule has 0 amide bonds. The molecule has 3 rings (SSSR count). The predicted molar refractivity (Wildman–Crippen MR) is 110 cm³/mol. The van der Waals surface area contributed by atoms with E-state index in [1.165, 1.54) is 22.8 Å². The first-order chi connectivity index (χ1) is 13.7. The van der Waals surface area contributed by atoms with E-state index >= 15 is 0 Å². The van der Waals surface area contributed by atoms with Gasteiger partial charge in [0.2, 0.25) is 0 Å². The SMILES string of the molecule is COC(=O)c1c(C)[nH]c(C(=O)C(C)N2CCN(S(=O)(=O)c3cccs3)CC2)c1C. The highest BCUT2D eigenvalue weighted by atomic mass is 32.2. The van der Waals surface area contributed by atoms with Crippen LogP contribution < -0.4 is 0 Å². The van der Waals surface area contributed by atoms with Crippen LogP contribution in [-0.4, -0.2) is 73.7 Å². The maximum atomic E-state index is 13.1. The van der Waals surface area contributed by atoms with Gasteiger partial charge >= 0.3 is 5.97 Å². The van der Waals surface area contributed by atoms with Gasteiger partial charge in [-0.15, -0.1) is 11.3 Å². The summed E-state index contributed by atoms with van der Waals surface area (Å²) >= 11 is 1.20. The summed E-state index contributed by atoms with van der Waals surface area (Å²) in [5.41, 5.74) is 1.95. The summed E-state index contributed by atoms with van der Waals surface area (Å²) in [5.74, 6) is -0.606. The highest BCUT2D eigenvalue weighted by Gasteiger charge is 2.34. The van der Waals surface area contributed by atoms with Gasteiger partial charge in [-0.25, -0.2) is 13.2 Å². The second-order valence-corrected chi connectivity index (χ2v) is 10.1. The number of sulfonamides is 1. The van der Waals surface area contributed by atoms with Gasteiger partial charge in [-0.05, 0) is 37.8 Å². The number of nitrogens with zero attached hydrogens (tertiary/aromatic N) is 2. The quantitative estimate of drug-likeness (QED) is 0.546. The molecule has 1 atom stereocenters. The van der Waals surface area contributed by atoms with Crippen LogP contribution in [0.2, 0.25) is 0 Å². The summed E-state index contributed by atoms with van der Waals surface area (Å²) in [6, 6.07) is 2.88. The van der Waals surface area contributed by atoms with E-state index in [1.54, 1.807) is 38.3 Å². The van der Waals surface area contributed by atoms with Crippen molar-refractivity contribution in [1.29, 1.82) is 0 Å². The Morgan fingerprint density at radius 3 is 2.41 bits per heavy atom. The fourth-order valence-corrected chi connectivity index (χ4v) is 6.21. The molecule has 8 nitrogen and oxygen atoms in total. The van der Waals surface area contributed by atoms with Crippen molar-refractivity contribution in [2.24, 2.45) is 0 Å². The molecule has 10 heteroatoms. The number of rotatable bonds is 6. The second kappa shape index (κ2) is 8.39. The number of esters is 1. The topological polar surface area (TPSA) is 99.8 Å². The molecule has 158 valence electrons. The average Bonchev–Trinajstić information content (AvgIpc) is 3.35. The van der Waals surface area contributed by atoms with Crippen molar-refractivity contribution in [2.45, 2.75) is 31.0 Å². The predicted octanol–water partition coefficient (Wildman–Crippen LogP) is 2.06. The molecule has 0 saturated carbocycles. The zero-order chi connectivity index (χ0) is 21.3. The summed E-state index contributed by atoms with van der Waals surface area (Å²) in [6.45, 7) is 6.83.